The summed E-state index contributed by atoms with van der Waals surface area (Å²) in [7, 11) is 0. The summed E-state index contributed by atoms with van der Waals surface area (Å²) in [6, 6.07) is 0. The maximum Gasteiger partial charge on any atom is 0.222 e. The molecule has 0 radical (unpaired) electrons. The zero-order chi connectivity index (χ0) is 14.5. The lowest BCUT2D eigenvalue weighted by molar-refractivity contribution is -0.135. The Morgan fingerprint density at radius 1 is 1.30 bits per heavy atom. The summed E-state index contributed by atoms with van der Waals surface area (Å²) in [5.41, 5.74) is 1.35. The van der Waals surface area contributed by atoms with Crippen LogP contribution < -0.4 is 0 Å². The first-order valence-corrected chi connectivity index (χ1v) is 7.72. The lowest BCUT2D eigenvalue weighted by Gasteiger charge is -2.33. The molecule has 0 aromatic rings. The average Bonchev–Trinajstić information content (AvgIpc) is 2.44. The normalized spacial score (nSPS) is 27.6. The van der Waals surface area contributed by atoms with Gasteiger partial charge in [-0.25, -0.2) is 0 Å². The summed E-state index contributed by atoms with van der Waals surface area (Å²) in [5.74, 6) is 1.60. The number of nitrogens with zero attached hydrogens (tertiary/aromatic N) is 2. The predicted octanol–water partition coefficient (Wildman–Crippen LogP) is 2.06. The van der Waals surface area contributed by atoms with Crippen molar-refractivity contribution in [3.63, 3.8) is 0 Å². The lowest BCUT2D eigenvalue weighted by Crippen LogP contribution is -2.48. The van der Waals surface area contributed by atoms with Crippen molar-refractivity contribution in [1.82, 2.24) is 9.80 Å². The first-order chi connectivity index (χ1) is 9.58. The molecule has 0 aromatic heterocycles. The molecule has 4 nitrogen and oxygen atoms in total. The Balaban J connectivity index is 1.72. The summed E-state index contributed by atoms with van der Waals surface area (Å²) in [4.78, 5) is 26.5. The van der Waals surface area contributed by atoms with Crippen molar-refractivity contribution < 1.29 is 9.59 Å². The summed E-state index contributed by atoms with van der Waals surface area (Å²) in [5, 5.41) is 0. The molecule has 2 aliphatic rings. The van der Waals surface area contributed by atoms with Gasteiger partial charge in [-0.2, -0.15) is 0 Å². The van der Waals surface area contributed by atoms with Crippen LogP contribution >= 0.6 is 0 Å². The lowest BCUT2D eigenvalue weighted by atomic mass is 9.78. The Labute approximate surface area is 121 Å². The highest BCUT2D eigenvalue weighted by Gasteiger charge is 2.24. The Kier molecular flexibility index (Phi) is 5.21. The molecule has 1 aliphatic carbocycles. The fourth-order valence-electron chi connectivity index (χ4n) is 3.50. The third-order valence-corrected chi connectivity index (χ3v) is 4.53. The van der Waals surface area contributed by atoms with Crippen molar-refractivity contribution in [2.75, 3.05) is 26.2 Å². The summed E-state index contributed by atoms with van der Waals surface area (Å²) >= 11 is 0. The minimum atomic E-state index is 0.249. The minimum absolute atomic E-state index is 0.249. The van der Waals surface area contributed by atoms with Crippen molar-refractivity contribution in [3.8, 4) is 0 Å². The molecular weight excluding hydrogens is 252 g/mol. The van der Waals surface area contributed by atoms with E-state index < -0.39 is 0 Å². The van der Waals surface area contributed by atoms with E-state index in [2.05, 4.69) is 13.5 Å². The van der Waals surface area contributed by atoms with E-state index in [1.165, 1.54) is 12.0 Å². The van der Waals surface area contributed by atoms with E-state index in [0.29, 0.717) is 44.4 Å². The van der Waals surface area contributed by atoms with Crippen LogP contribution in [-0.2, 0) is 9.59 Å². The van der Waals surface area contributed by atoms with Gasteiger partial charge in [-0.3, -0.25) is 9.59 Å². The highest BCUT2D eigenvalue weighted by atomic mass is 16.2. The number of hydrogen-bond donors (Lipinski definition) is 0. The van der Waals surface area contributed by atoms with Gasteiger partial charge in [0, 0.05) is 32.6 Å². The molecule has 112 valence electrons. The largest absolute Gasteiger partial charge is 0.342 e. The summed E-state index contributed by atoms with van der Waals surface area (Å²) < 4.78 is 0. The number of piperazine rings is 1. The molecule has 0 N–H and O–H groups in total. The van der Waals surface area contributed by atoms with E-state index in [1.807, 2.05) is 4.90 Å². The third-order valence-electron chi connectivity index (χ3n) is 4.53. The highest BCUT2D eigenvalue weighted by molar-refractivity contribution is 5.76. The molecule has 2 fully saturated rings. The van der Waals surface area contributed by atoms with E-state index in [1.54, 1.807) is 4.90 Å². The van der Waals surface area contributed by atoms with Gasteiger partial charge in [0.2, 0.25) is 12.3 Å². The number of hydrogen-bond acceptors (Lipinski definition) is 2. The first kappa shape index (κ1) is 15.1. The molecular formula is C16H26N2O2. The van der Waals surface area contributed by atoms with Gasteiger partial charge < -0.3 is 9.80 Å². The summed E-state index contributed by atoms with van der Waals surface area (Å²) in [6.07, 6.45) is 5.97. The summed E-state index contributed by atoms with van der Waals surface area (Å²) in [6.45, 7) is 9.11. The number of allylic oxidation sites excluding steroid dienone is 1. The van der Waals surface area contributed by atoms with Gasteiger partial charge in [0.25, 0.3) is 0 Å². The second-order valence-corrected chi connectivity index (χ2v) is 6.43. The molecule has 0 spiro atoms. The van der Waals surface area contributed by atoms with Gasteiger partial charge in [0.15, 0.2) is 0 Å². The zero-order valence-electron chi connectivity index (χ0n) is 12.5. The number of carbonyl (C=O) groups excluding carboxylic acids is 2. The second-order valence-electron chi connectivity index (χ2n) is 6.43. The van der Waals surface area contributed by atoms with Crippen LogP contribution in [0.5, 0.6) is 0 Å². The molecule has 2 unspecified atom stereocenters. The smallest absolute Gasteiger partial charge is 0.222 e. The molecule has 1 heterocycles. The van der Waals surface area contributed by atoms with Gasteiger partial charge in [0.05, 0.1) is 0 Å². The van der Waals surface area contributed by atoms with Crippen LogP contribution in [0.4, 0.5) is 0 Å². The highest BCUT2D eigenvalue weighted by Crippen LogP contribution is 2.34. The van der Waals surface area contributed by atoms with E-state index in [-0.39, 0.29) is 5.91 Å². The first-order valence-electron chi connectivity index (χ1n) is 7.72. The molecule has 1 aliphatic heterocycles. The predicted molar refractivity (Wildman–Crippen MR) is 79.1 cm³/mol. The van der Waals surface area contributed by atoms with Crippen LogP contribution in [0.3, 0.4) is 0 Å². The van der Waals surface area contributed by atoms with E-state index in [0.717, 1.165) is 25.7 Å². The van der Waals surface area contributed by atoms with Crippen LogP contribution in [0.15, 0.2) is 12.2 Å². The van der Waals surface area contributed by atoms with Crippen LogP contribution in [0.2, 0.25) is 0 Å². The molecule has 1 saturated carbocycles. The van der Waals surface area contributed by atoms with Gasteiger partial charge in [-0.15, -0.1) is 0 Å². The van der Waals surface area contributed by atoms with Gasteiger partial charge in [-0.05, 0) is 37.5 Å². The average molecular weight is 278 g/mol. The Bertz CT molecular complexity index is 373. The Hall–Kier alpha value is -1.32. The molecule has 0 bridgehead atoms. The quantitative estimate of drug-likeness (QED) is 0.583. The van der Waals surface area contributed by atoms with Crippen LogP contribution in [-0.4, -0.2) is 48.3 Å². The third kappa shape index (κ3) is 4.09. The van der Waals surface area contributed by atoms with E-state index in [9.17, 15) is 9.59 Å². The minimum Gasteiger partial charge on any atom is -0.342 e. The monoisotopic (exact) mass is 278 g/mol. The van der Waals surface area contributed by atoms with Crippen molar-refractivity contribution >= 4 is 12.3 Å². The standard InChI is InChI=1S/C16H26N2O2/c1-13-9-14(2)11-15(10-13)3-4-16(20)18-7-5-17(12-19)6-8-18/h12,14-15H,1,3-11H2,2H3. The molecule has 2 rings (SSSR count). The SMILES string of the molecule is C=C1CC(C)CC(CCC(=O)N2CCN(C=O)CC2)C1. The van der Waals surface area contributed by atoms with Crippen LogP contribution in [0.1, 0.15) is 39.0 Å². The number of rotatable bonds is 4. The van der Waals surface area contributed by atoms with Gasteiger partial charge >= 0.3 is 0 Å². The molecule has 4 heteroatoms. The zero-order valence-corrected chi connectivity index (χ0v) is 12.5. The van der Waals surface area contributed by atoms with Crippen LogP contribution in [0, 0.1) is 11.8 Å². The van der Waals surface area contributed by atoms with Crippen molar-refractivity contribution in [2.24, 2.45) is 11.8 Å². The molecule has 20 heavy (non-hydrogen) atoms. The molecule has 2 atom stereocenters. The Morgan fingerprint density at radius 3 is 2.60 bits per heavy atom. The van der Waals surface area contributed by atoms with Crippen LogP contribution in [0.25, 0.3) is 0 Å². The van der Waals surface area contributed by atoms with E-state index >= 15 is 0 Å². The van der Waals surface area contributed by atoms with Gasteiger partial charge in [-0.1, -0.05) is 19.1 Å². The molecule has 1 saturated heterocycles. The van der Waals surface area contributed by atoms with Crippen molar-refractivity contribution in [1.29, 1.82) is 0 Å². The van der Waals surface area contributed by atoms with Crippen molar-refractivity contribution in [2.45, 2.75) is 39.0 Å². The second kappa shape index (κ2) is 6.91. The maximum atomic E-state index is 12.2. The maximum absolute atomic E-state index is 12.2. The van der Waals surface area contributed by atoms with Gasteiger partial charge in [0.1, 0.15) is 0 Å². The number of amides is 2. The van der Waals surface area contributed by atoms with Crippen molar-refractivity contribution in [3.05, 3.63) is 12.2 Å². The number of carbonyl (C=O) groups is 2. The topological polar surface area (TPSA) is 40.6 Å². The fraction of sp³-hybridized carbons (Fsp3) is 0.750. The fourth-order valence-corrected chi connectivity index (χ4v) is 3.50. The molecule has 2 amide bonds. The Morgan fingerprint density at radius 2 is 2.00 bits per heavy atom. The molecule has 0 aromatic carbocycles. The van der Waals surface area contributed by atoms with E-state index in [4.69, 9.17) is 0 Å².